The molecular formula is C17H21BN4O4. The molecule has 3 heterocycles. The van der Waals surface area contributed by atoms with Crippen LogP contribution >= 0.6 is 0 Å². The van der Waals surface area contributed by atoms with Crippen LogP contribution in [0.2, 0.25) is 0 Å². The van der Waals surface area contributed by atoms with E-state index in [4.69, 9.17) is 15.1 Å². The van der Waals surface area contributed by atoms with Gasteiger partial charge < -0.3 is 25.5 Å². The predicted octanol–water partition coefficient (Wildman–Crippen LogP) is 0.337. The van der Waals surface area contributed by atoms with Gasteiger partial charge in [-0.1, -0.05) is 6.07 Å². The Morgan fingerprint density at radius 1 is 1.42 bits per heavy atom. The highest BCUT2D eigenvalue weighted by atomic mass is 16.5. The highest BCUT2D eigenvalue weighted by Crippen LogP contribution is 2.25. The molecule has 9 heteroatoms. The molecule has 2 aliphatic heterocycles. The van der Waals surface area contributed by atoms with Crippen molar-refractivity contribution in [2.45, 2.75) is 25.3 Å². The Balaban J connectivity index is 1.61. The molecule has 2 aromatic rings. The van der Waals surface area contributed by atoms with E-state index in [-0.39, 0.29) is 6.04 Å². The molecule has 1 aromatic carbocycles. The second-order valence-corrected chi connectivity index (χ2v) is 6.62. The van der Waals surface area contributed by atoms with Gasteiger partial charge in [0.2, 0.25) is 0 Å². The third kappa shape index (κ3) is 3.33. The van der Waals surface area contributed by atoms with Crippen molar-refractivity contribution >= 4 is 30.0 Å². The normalized spacial score (nSPS) is 19.9. The fourth-order valence-corrected chi connectivity index (χ4v) is 3.43. The van der Waals surface area contributed by atoms with Crippen LogP contribution in [0, 0.1) is 0 Å². The number of carbonyl (C=O) groups excluding carboxylic acids is 1. The van der Waals surface area contributed by atoms with E-state index < -0.39 is 13.0 Å². The Kier molecular flexibility index (Phi) is 4.67. The Hall–Kier alpha value is -2.36. The van der Waals surface area contributed by atoms with Crippen molar-refractivity contribution in [3.8, 4) is 0 Å². The van der Waals surface area contributed by atoms with Crippen molar-refractivity contribution in [3.63, 3.8) is 0 Å². The molecule has 8 nitrogen and oxygen atoms in total. The molecule has 0 unspecified atom stereocenters. The van der Waals surface area contributed by atoms with Crippen LogP contribution in [0.3, 0.4) is 0 Å². The second kappa shape index (κ2) is 7.10. The number of primary amides is 1. The number of hydrogen-bond acceptors (Lipinski definition) is 6. The number of fused-ring (bicyclic) bond motifs is 1. The lowest BCUT2D eigenvalue weighted by Gasteiger charge is -2.22. The zero-order valence-electron chi connectivity index (χ0n) is 14.4. The Morgan fingerprint density at radius 3 is 3.08 bits per heavy atom. The molecule has 26 heavy (non-hydrogen) atoms. The summed E-state index contributed by atoms with van der Waals surface area (Å²) < 4.78 is 12.5. The van der Waals surface area contributed by atoms with Crippen molar-refractivity contribution in [1.82, 2.24) is 9.78 Å². The standard InChI is InChI=1S/C17H21BN4O4/c19-16(23)14-9-22(13-2-1-6-25-10-13)21-17(14)20-12-3-4-15-11(8-12)5-7-26-18(15)24/h3-4,8-9,13,24H,1-2,5-7,10H2,(H2,19,23)(H,20,21)/t13-/m1/s1. The molecule has 0 radical (unpaired) electrons. The molecule has 1 atom stereocenters. The third-order valence-corrected chi connectivity index (χ3v) is 4.83. The number of amides is 1. The number of rotatable bonds is 4. The average molecular weight is 356 g/mol. The van der Waals surface area contributed by atoms with Gasteiger partial charge in [-0.2, -0.15) is 5.10 Å². The Morgan fingerprint density at radius 2 is 2.31 bits per heavy atom. The molecule has 0 saturated carbocycles. The van der Waals surface area contributed by atoms with E-state index in [1.807, 2.05) is 18.2 Å². The maximum absolute atomic E-state index is 11.8. The second-order valence-electron chi connectivity index (χ2n) is 6.62. The SMILES string of the molecule is NC(=O)c1cn([C@@H]2CCCOC2)nc1Nc1ccc2c(c1)CCOB2O. The van der Waals surface area contributed by atoms with Gasteiger partial charge in [-0.15, -0.1) is 0 Å². The van der Waals surface area contributed by atoms with E-state index in [1.165, 1.54) is 0 Å². The summed E-state index contributed by atoms with van der Waals surface area (Å²) in [7, 11) is -0.889. The van der Waals surface area contributed by atoms with E-state index >= 15 is 0 Å². The minimum Gasteiger partial charge on any atom is -0.423 e. The van der Waals surface area contributed by atoms with Gasteiger partial charge in [0.25, 0.3) is 5.91 Å². The third-order valence-electron chi connectivity index (χ3n) is 4.83. The maximum Gasteiger partial charge on any atom is 0.491 e. The molecular weight excluding hydrogens is 335 g/mol. The van der Waals surface area contributed by atoms with E-state index in [0.717, 1.165) is 42.6 Å². The minimum atomic E-state index is -0.889. The number of ether oxygens (including phenoxy) is 1. The van der Waals surface area contributed by atoms with Gasteiger partial charge in [-0.25, -0.2) is 0 Å². The zero-order chi connectivity index (χ0) is 18.1. The highest BCUT2D eigenvalue weighted by molar-refractivity contribution is 6.60. The molecule has 0 bridgehead atoms. The molecule has 4 N–H and O–H groups in total. The summed E-state index contributed by atoms with van der Waals surface area (Å²) in [6, 6.07) is 5.68. The van der Waals surface area contributed by atoms with Crippen LogP contribution in [0.15, 0.2) is 24.4 Å². The Bertz CT molecular complexity index is 819. The van der Waals surface area contributed by atoms with Crippen LogP contribution in [0.5, 0.6) is 0 Å². The number of nitrogens with one attached hydrogen (secondary N) is 1. The van der Waals surface area contributed by atoms with Crippen LogP contribution in [0.1, 0.15) is 34.8 Å². The van der Waals surface area contributed by atoms with Crippen LogP contribution in [0.25, 0.3) is 0 Å². The highest BCUT2D eigenvalue weighted by Gasteiger charge is 2.25. The molecule has 2 aliphatic rings. The van der Waals surface area contributed by atoms with E-state index in [9.17, 15) is 9.82 Å². The molecule has 1 amide bonds. The van der Waals surface area contributed by atoms with Gasteiger partial charge in [0.1, 0.15) is 5.56 Å². The molecule has 1 aromatic heterocycles. The fourth-order valence-electron chi connectivity index (χ4n) is 3.43. The average Bonchev–Trinajstić information content (AvgIpc) is 3.07. The number of carbonyl (C=O) groups is 1. The number of hydrogen-bond donors (Lipinski definition) is 3. The fraction of sp³-hybridized carbons (Fsp3) is 0.412. The summed E-state index contributed by atoms with van der Waals surface area (Å²) >= 11 is 0. The molecule has 0 spiro atoms. The summed E-state index contributed by atoms with van der Waals surface area (Å²) in [5.41, 5.74) is 8.43. The molecule has 1 saturated heterocycles. The number of aromatic nitrogens is 2. The Labute approximate surface area is 151 Å². The van der Waals surface area contributed by atoms with Crippen LogP contribution in [0.4, 0.5) is 11.5 Å². The first-order valence-electron chi connectivity index (χ1n) is 8.78. The van der Waals surface area contributed by atoms with Crippen molar-refractivity contribution in [3.05, 3.63) is 35.5 Å². The molecule has 136 valence electrons. The molecule has 0 aliphatic carbocycles. The van der Waals surface area contributed by atoms with Crippen molar-refractivity contribution in [2.24, 2.45) is 5.73 Å². The van der Waals surface area contributed by atoms with Crippen LogP contribution in [-0.4, -0.2) is 47.7 Å². The molecule has 1 fully saturated rings. The largest absolute Gasteiger partial charge is 0.491 e. The van der Waals surface area contributed by atoms with Gasteiger partial charge in [-0.3, -0.25) is 9.48 Å². The van der Waals surface area contributed by atoms with E-state index in [1.54, 1.807) is 10.9 Å². The van der Waals surface area contributed by atoms with Gasteiger partial charge in [0, 0.05) is 25.1 Å². The summed E-state index contributed by atoms with van der Waals surface area (Å²) in [5, 5.41) is 17.6. The van der Waals surface area contributed by atoms with Gasteiger partial charge in [0.15, 0.2) is 5.82 Å². The smallest absolute Gasteiger partial charge is 0.423 e. The molecule has 4 rings (SSSR count). The first-order valence-corrected chi connectivity index (χ1v) is 8.78. The quantitative estimate of drug-likeness (QED) is 0.681. The number of nitrogens with two attached hydrogens (primary N) is 1. The zero-order valence-corrected chi connectivity index (χ0v) is 14.4. The first-order chi connectivity index (χ1) is 12.6. The number of benzene rings is 1. The number of anilines is 2. The van der Waals surface area contributed by atoms with Crippen LogP contribution < -0.4 is 16.5 Å². The van der Waals surface area contributed by atoms with Crippen molar-refractivity contribution < 1.29 is 19.2 Å². The summed E-state index contributed by atoms with van der Waals surface area (Å²) in [6.45, 7) is 1.81. The van der Waals surface area contributed by atoms with Gasteiger partial charge in [-0.05, 0) is 42.4 Å². The van der Waals surface area contributed by atoms with Crippen LogP contribution in [-0.2, 0) is 15.8 Å². The lowest BCUT2D eigenvalue weighted by molar-refractivity contribution is 0.0550. The van der Waals surface area contributed by atoms with Crippen molar-refractivity contribution in [1.29, 1.82) is 0 Å². The van der Waals surface area contributed by atoms with E-state index in [0.29, 0.717) is 24.6 Å². The summed E-state index contributed by atoms with van der Waals surface area (Å²) in [6.07, 6.45) is 4.32. The first kappa shape index (κ1) is 17.1. The monoisotopic (exact) mass is 356 g/mol. The maximum atomic E-state index is 11.8. The summed E-state index contributed by atoms with van der Waals surface area (Å²) in [5.74, 6) is -0.104. The lowest BCUT2D eigenvalue weighted by atomic mass is 9.73. The van der Waals surface area contributed by atoms with E-state index in [2.05, 4.69) is 10.4 Å². The topological polar surface area (TPSA) is 112 Å². The minimum absolute atomic E-state index is 0.105. The van der Waals surface area contributed by atoms with Gasteiger partial charge in [0.05, 0.1) is 12.6 Å². The summed E-state index contributed by atoms with van der Waals surface area (Å²) in [4.78, 5) is 11.8. The predicted molar refractivity (Wildman–Crippen MR) is 96.8 cm³/mol. The number of nitrogens with zero attached hydrogens (tertiary/aromatic N) is 2. The van der Waals surface area contributed by atoms with Crippen molar-refractivity contribution in [2.75, 3.05) is 25.1 Å². The lowest BCUT2D eigenvalue weighted by Crippen LogP contribution is -2.41. The van der Waals surface area contributed by atoms with Gasteiger partial charge >= 0.3 is 7.12 Å².